The molecule has 0 aromatic heterocycles. The molecule has 0 aromatic carbocycles. The predicted molar refractivity (Wildman–Crippen MR) is 235 cm³/mol. The van der Waals surface area contributed by atoms with E-state index in [4.69, 9.17) is 28.4 Å². The van der Waals surface area contributed by atoms with Crippen molar-refractivity contribution in [1.29, 1.82) is 0 Å². The van der Waals surface area contributed by atoms with Crippen LogP contribution in [0.5, 0.6) is 0 Å². The Labute approximate surface area is 393 Å². The molecule has 4 aliphatic carbocycles. The summed E-state index contributed by atoms with van der Waals surface area (Å²) in [6.45, 7) is 14.6. The first-order chi connectivity index (χ1) is 31.3. The Hall–Kier alpha value is -1.02. The first-order valence-corrected chi connectivity index (χ1v) is 24.5. The van der Waals surface area contributed by atoms with Gasteiger partial charge in [0.25, 0.3) is 0 Å². The fourth-order valence-corrected chi connectivity index (χ4v) is 15.1. The second kappa shape index (κ2) is 19.8. The Kier molecular flexibility index (Phi) is 15.9. The largest absolute Gasteiger partial charge is 0.394 e. The third kappa shape index (κ3) is 9.03. The summed E-state index contributed by atoms with van der Waals surface area (Å²) in [5.74, 6) is -1.02. The zero-order valence-electron chi connectivity index (χ0n) is 40.3. The summed E-state index contributed by atoms with van der Waals surface area (Å²) in [5, 5.41) is 142. The second-order valence-corrected chi connectivity index (χ2v) is 23.1. The topological polar surface area (TPSA) is 318 Å². The van der Waals surface area contributed by atoms with Crippen LogP contribution in [0.15, 0.2) is 11.6 Å². The van der Waals surface area contributed by atoms with Crippen LogP contribution in [0.25, 0.3) is 0 Å². The fraction of sp³-hybridized carbons (Fsp3) is 0.958. The van der Waals surface area contributed by atoms with Crippen LogP contribution >= 0.6 is 0 Å². The molecule has 388 valence electrons. The molecule has 4 saturated carbocycles. The van der Waals surface area contributed by atoms with Crippen molar-refractivity contribution in [3.05, 3.63) is 11.6 Å². The van der Waals surface area contributed by atoms with Crippen molar-refractivity contribution in [1.82, 2.24) is 0 Å². The van der Waals surface area contributed by atoms with Gasteiger partial charge in [0, 0.05) is 0 Å². The number of aliphatic hydroxyl groups is 13. The summed E-state index contributed by atoms with van der Waals surface area (Å²) in [6.07, 6.45) is -19.2. The number of ether oxygens (including phenoxy) is 6. The van der Waals surface area contributed by atoms with Gasteiger partial charge in [0.2, 0.25) is 0 Å². The first-order valence-electron chi connectivity index (χ1n) is 24.5. The van der Waals surface area contributed by atoms with Crippen molar-refractivity contribution in [3.8, 4) is 0 Å². The van der Waals surface area contributed by atoms with Crippen molar-refractivity contribution in [3.63, 3.8) is 0 Å². The van der Waals surface area contributed by atoms with Gasteiger partial charge in [-0.05, 0) is 117 Å². The number of aliphatic hydroxyl groups excluding tert-OH is 13. The molecule has 0 bridgehead atoms. The Morgan fingerprint density at radius 1 is 0.627 bits per heavy atom. The monoisotopic (exact) mass is 963 g/mol. The van der Waals surface area contributed by atoms with E-state index >= 15 is 0 Å². The van der Waals surface area contributed by atoms with Gasteiger partial charge < -0.3 is 94.8 Å². The van der Waals surface area contributed by atoms with E-state index in [1.54, 1.807) is 0 Å². The predicted octanol–water partition coefficient (Wildman–Crippen LogP) is -1.06. The third-order valence-electron chi connectivity index (χ3n) is 18.7. The van der Waals surface area contributed by atoms with E-state index in [-0.39, 0.29) is 23.7 Å². The van der Waals surface area contributed by atoms with Crippen LogP contribution in [0, 0.1) is 45.3 Å². The Bertz CT molecular complexity index is 1710. The average Bonchev–Trinajstić information content (AvgIpc) is 3.65. The summed E-state index contributed by atoms with van der Waals surface area (Å²) in [6, 6.07) is 0. The van der Waals surface area contributed by atoms with Gasteiger partial charge in [-0.15, -0.1) is 0 Å². The van der Waals surface area contributed by atoms with E-state index < -0.39 is 158 Å². The van der Waals surface area contributed by atoms with E-state index in [9.17, 15) is 66.4 Å². The highest BCUT2D eigenvalue weighted by Crippen LogP contribution is 2.76. The van der Waals surface area contributed by atoms with Gasteiger partial charge in [-0.1, -0.05) is 46.3 Å². The molecule has 19 heteroatoms. The summed E-state index contributed by atoms with van der Waals surface area (Å²) in [4.78, 5) is 0. The molecule has 3 heterocycles. The van der Waals surface area contributed by atoms with Crippen LogP contribution < -0.4 is 0 Å². The number of hydrogen-bond acceptors (Lipinski definition) is 19. The van der Waals surface area contributed by atoms with Gasteiger partial charge in [-0.3, -0.25) is 0 Å². The van der Waals surface area contributed by atoms with Crippen molar-refractivity contribution < 1.29 is 94.8 Å². The van der Waals surface area contributed by atoms with Gasteiger partial charge in [0.1, 0.15) is 73.2 Å². The van der Waals surface area contributed by atoms with E-state index in [1.807, 2.05) is 34.6 Å². The molecule has 13 N–H and O–H groups in total. The summed E-state index contributed by atoms with van der Waals surface area (Å²) < 4.78 is 37.0. The number of rotatable bonds is 13. The summed E-state index contributed by atoms with van der Waals surface area (Å²) in [7, 11) is 0. The van der Waals surface area contributed by atoms with Gasteiger partial charge in [0.15, 0.2) is 18.9 Å². The van der Waals surface area contributed by atoms with Gasteiger partial charge in [-0.2, -0.15) is 0 Å². The van der Waals surface area contributed by atoms with Crippen LogP contribution in [-0.4, -0.2) is 202 Å². The molecule has 7 fully saturated rings. The molecule has 7 aliphatic rings. The van der Waals surface area contributed by atoms with Crippen LogP contribution in [-0.2, 0) is 28.4 Å². The number of hydrogen-bond donors (Lipinski definition) is 13. The molecular formula is C48H82O19. The minimum absolute atomic E-state index is 0.0733. The summed E-state index contributed by atoms with van der Waals surface area (Å²) in [5.41, 5.74) is -2.23. The average molecular weight is 963 g/mol. The van der Waals surface area contributed by atoms with E-state index in [0.29, 0.717) is 51.4 Å². The quantitative estimate of drug-likeness (QED) is 0.0773. The van der Waals surface area contributed by atoms with Crippen LogP contribution in [0.3, 0.4) is 0 Å². The van der Waals surface area contributed by atoms with Gasteiger partial charge in [-0.25, -0.2) is 0 Å². The minimum atomic E-state index is -1.83. The molecule has 0 radical (unpaired) electrons. The highest BCUT2D eigenvalue weighted by molar-refractivity contribution is 5.22. The number of fused-ring (bicyclic) bond motifs is 5. The van der Waals surface area contributed by atoms with Gasteiger partial charge >= 0.3 is 0 Å². The van der Waals surface area contributed by atoms with Crippen LogP contribution in [0.4, 0.5) is 0 Å². The maximum Gasteiger partial charge on any atom is 0.187 e. The van der Waals surface area contributed by atoms with Crippen molar-refractivity contribution >= 4 is 0 Å². The van der Waals surface area contributed by atoms with Crippen LogP contribution in [0.1, 0.15) is 107 Å². The smallest absolute Gasteiger partial charge is 0.187 e. The fourth-order valence-electron chi connectivity index (χ4n) is 15.1. The zero-order chi connectivity index (χ0) is 49.5. The number of allylic oxidation sites excluding steroid dienone is 2. The lowest BCUT2D eigenvalue weighted by Crippen LogP contribution is -2.70. The van der Waals surface area contributed by atoms with Gasteiger partial charge in [0.05, 0.1) is 43.7 Å². The minimum Gasteiger partial charge on any atom is -0.394 e. The molecule has 0 amide bonds. The standard InChI is InChI=1S/C48H82O19/c1-21(2)10-9-13-48(8,67-42-38(61)35(58)32(55)26(19-50)63-42)22-11-15-46(6)30(22)23(52)16-28-45(5)14-12-29(44(3,4)40(45)24(53)17-47(28,46)7)65-43-39(36(59)33(56)27(20-51)64-43)66-41-37(60)34(57)31(54)25(18-49)62-41/h10,22-43,49-61H,9,11-20H2,1-8H3/t22-,23+,24-,25?,26?,27?,28+,29-,30-,31+,32+,33+,34+,35+,36+,37?,38?,39?,40-,41-,42-,43-,45+,46+,47+,48-/m0/s1. The second-order valence-electron chi connectivity index (χ2n) is 23.1. The Balaban J connectivity index is 1.15. The molecule has 7 rings (SSSR count). The highest BCUT2D eigenvalue weighted by atomic mass is 16.8. The van der Waals surface area contributed by atoms with Crippen molar-refractivity contribution in [2.75, 3.05) is 19.8 Å². The molecule has 6 unspecified atom stereocenters. The third-order valence-corrected chi connectivity index (χ3v) is 18.7. The lowest BCUT2D eigenvalue weighted by atomic mass is 9.34. The lowest BCUT2D eigenvalue weighted by molar-refractivity contribution is -0.380. The highest BCUT2D eigenvalue weighted by Gasteiger charge is 2.74. The molecule has 19 nitrogen and oxygen atoms in total. The van der Waals surface area contributed by atoms with Crippen LogP contribution in [0.2, 0.25) is 0 Å². The SMILES string of the molecule is CC(C)=CCC[C@](C)(O[C@@H]1OC(CO)[C@@H](O)[C@@H](O)C1O)[C@H]1CC[C@]2(C)[C@@H]1[C@H](O)C[C@@H]1[C@@]3(C)CC[C@H](O[C@@H]4OC(CO)[C@@H](O)[C@@H](O)C4O[C@@H]4OC(CO)[C@@H](O)[C@@H](O)C4O)C(C)(C)[C@@H]3[C@@H](O)C[C@]12C. The molecule has 26 atom stereocenters. The molecule has 67 heavy (non-hydrogen) atoms. The Morgan fingerprint density at radius 3 is 1.73 bits per heavy atom. The molecule has 0 aromatic rings. The Morgan fingerprint density at radius 2 is 1.16 bits per heavy atom. The summed E-state index contributed by atoms with van der Waals surface area (Å²) >= 11 is 0. The first kappa shape index (κ1) is 53.8. The zero-order valence-corrected chi connectivity index (χ0v) is 40.3. The van der Waals surface area contributed by atoms with E-state index in [2.05, 4.69) is 26.8 Å². The van der Waals surface area contributed by atoms with E-state index in [0.717, 1.165) is 5.57 Å². The molecule has 3 aliphatic heterocycles. The lowest BCUT2D eigenvalue weighted by Gasteiger charge is -2.71. The van der Waals surface area contributed by atoms with E-state index in [1.165, 1.54) is 0 Å². The maximum absolute atomic E-state index is 12.7. The molecule has 0 spiro atoms. The van der Waals surface area contributed by atoms with Crippen molar-refractivity contribution in [2.45, 2.75) is 223 Å². The molecular weight excluding hydrogens is 881 g/mol. The van der Waals surface area contributed by atoms with Crippen molar-refractivity contribution in [2.24, 2.45) is 45.3 Å². The normalized spacial score (nSPS) is 52.9. The maximum atomic E-state index is 12.7. The molecule has 3 saturated heterocycles.